The number of H-pyrrole nitrogens is 1. The summed E-state index contributed by atoms with van der Waals surface area (Å²) >= 11 is 1.81. The SMILES string of the molecule is c1ccc2[nH]c(-c3ccc4sc(-c5ccc6occc6c5)cc4c3)nc2c1. The van der Waals surface area contributed by atoms with Crippen molar-refractivity contribution in [2.75, 3.05) is 0 Å². The topological polar surface area (TPSA) is 41.8 Å². The number of nitrogens with one attached hydrogen (secondary N) is 1. The summed E-state index contributed by atoms with van der Waals surface area (Å²) < 4.78 is 6.73. The van der Waals surface area contributed by atoms with Crippen LogP contribution in [0.3, 0.4) is 0 Å². The predicted octanol–water partition coefficient (Wildman–Crippen LogP) is 6.86. The van der Waals surface area contributed by atoms with Crippen molar-refractivity contribution in [1.82, 2.24) is 9.97 Å². The molecule has 6 rings (SSSR count). The van der Waals surface area contributed by atoms with E-state index < -0.39 is 0 Å². The van der Waals surface area contributed by atoms with Crippen LogP contribution in [0.5, 0.6) is 0 Å². The van der Waals surface area contributed by atoms with Gasteiger partial charge in [-0.05, 0) is 71.6 Å². The lowest BCUT2D eigenvalue weighted by Gasteiger charge is -1.96. The fourth-order valence-electron chi connectivity index (χ4n) is 3.54. The second-order valence-electron chi connectivity index (χ2n) is 6.64. The number of fused-ring (bicyclic) bond motifs is 3. The summed E-state index contributed by atoms with van der Waals surface area (Å²) in [6.07, 6.45) is 1.74. The van der Waals surface area contributed by atoms with Crippen LogP contribution in [0.1, 0.15) is 0 Å². The van der Waals surface area contributed by atoms with E-state index >= 15 is 0 Å². The molecular weight excluding hydrogens is 352 g/mol. The molecule has 128 valence electrons. The zero-order valence-electron chi connectivity index (χ0n) is 14.3. The van der Waals surface area contributed by atoms with Crippen LogP contribution < -0.4 is 0 Å². The normalized spacial score (nSPS) is 11.7. The Morgan fingerprint density at radius 2 is 1.70 bits per heavy atom. The molecule has 3 aromatic heterocycles. The lowest BCUT2D eigenvalue weighted by Crippen LogP contribution is -1.79. The van der Waals surface area contributed by atoms with Crippen LogP contribution in [-0.2, 0) is 0 Å². The number of rotatable bonds is 2. The van der Waals surface area contributed by atoms with Crippen molar-refractivity contribution < 1.29 is 4.42 Å². The van der Waals surface area contributed by atoms with Crippen molar-refractivity contribution in [1.29, 1.82) is 0 Å². The molecule has 0 aliphatic carbocycles. The van der Waals surface area contributed by atoms with Gasteiger partial charge in [0, 0.05) is 20.5 Å². The molecule has 0 spiro atoms. The third-order valence-electron chi connectivity index (χ3n) is 4.92. The van der Waals surface area contributed by atoms with Crippen LogP contribution in [0.4, 0.5) is 0 Å². The minimum Gasteiger partial charge on any atom is -0.464 e. The molecule has 0 amide bonds. The molecule has 0 saturated carbocycles. The van der Waals surface area contributed by atoms with Gasteiger partial charge in [0.1, 0.15) is 11.4 Å². The van der Waals surface area contributed by atoms with Crippen LogP contribution in [0.15, 0.2) is 83.5 Å². The fourth-order valence-corrected chi connectivity index (χ4v) is 4.58. The molecule has 0 atom stereocenters. The summed E-state index contributed by atoms with van der Waals surface area (Å²) in [5, 5.41) is 2.37. The van der Waals surface area contributed by atoms with Gasteiger partial charge in [0.25, 0.3) is 0 Å². The van der Waals surface area contributed by atoms with E-state index in [1.807, 2.05) is 41.7 Å². The monoisotopic (exact) mass is 366 g/mol. The summed E-state index contributed by atoms with van der Waals surface area (Å²) in [6.45, 7) is 0. The number of para-hydroxylation sites is 2. The quantitative estimate of drug-likeness (QED) is 0.364. The molecule has 27 heavy (non-hydrogen) atoms. The smallest absolute Gasteiger partial charge is 0.138 e. The number of nitrogens with zero attached hydrogens (tertiary/aromatic N) is 1. The highest BCUT2D eigenvalue weighted by Gasteiger charge is 2.10. The maximum absolute atomic E-state index is 5.45. The van der Waals surface area contributed by atoms with Gasteiger partial charge in [-0.1, -0.05) is 12.1 Å². The maximum atomic E-state index is 5.45. The van der Waals surface area contributed by atoms with Crippen LogP contribution in [0, 0.1) is 0 Å². The van der Waals surface area contributed by atoms with Crippen molar-refractivity contribution in [2.45, 2.75) is 0 Å². The number of hydrogen-bond acceptors (Lipinski definition) is 3. The van der Waals surface area contributed by atoms with Crippen LogP contribution in [0.2, 0.25) is 0 Å². The van der Waals surface area contributed by atoms with E-state index in [1.165, 1.54) is 20.5 Å². The molecule has 0 bridgehead atoms. The molecule has 0 fully saturated rings. The number of hydrogen-bond donors (Lipinski definition) is 1. The molecule has 0 radical (unpaired) electrons. The Morgan fingerprint density at radius 3 is 2.67 bits per heavy atom. The summed E-state index contributed by atoms with van der Waals surface area (Å²) in [6, 6.07) is 25.3. The van der Waals surface area contributed by atoms with E-state index in [1.54, 1.807) is 6.26 Å². The number of aromatic amines is 1. The number of furan rings is 1. The Balaban J connectivity index is 1.46. The van der Waals surface area contributed by atoms with Crippen molar-refractivity contribution >= 4 is 43.4 Å². The Morgan fingerprint density at radius 1 is 0.815 bits per heavy atom. The summed E-state index contributed by atoms with van der Waals surface area (Å²) in [7, 11) is 0. The minimum atomic E-state index is 0.908. The first-order chi connectivity index (χ1) is 13.3. The first-order valence-corrected chi connectivity index (χ1v) is 9.61. The fraction of sp³-hybridized carbons (Fsp3) is 0. The van der Waals surface area contributed by atoms with Crippen molar-refractivity contribution in [3.8, 4) is 21.8 Å². The molecule has 6 aromatic rings. The number of imidazole rings is 1. The standard InChI is InChI=1S/C23H14N2OS/c1-2-4-19-18(3-1)24-23(25-19)16-6-8-21-17(12-16)13-22(27-21)15-5-7-20-14(11-15)9-10-26-20/h1-13H,(H,24,25). The zero-order valence-corrected chi connectivity index (χ0v) is 15.1. The third-order valence-corrected chi connectivity index (χ3v) is 6.08. The van der Waals surface area contributed by atoms with Gasteiger partial charge >= 0.3 is 0 Å². The molecule has 0 unspecified atom stereocenters. The number of benzene rings is 3. The lowest BCUT2D eigenvalue weighted by atomic mass is 10.1. The Bertz CT molecular complexity index is 1400. The minimum absolute atomic E-state index is 0.908. The van der Waals surface area contributed by atoms with Crippen LogP contribution in [-0.4, -0.2) is 9.97 Å². The van der Waals surface area contributed by atoms with Gasteiger partial charge < -0.3 is 9.40 Å². The Labute approximate surface area is 158 Å². The second-order valence-corrected chi connectivity index (χ2v) is 7.72. The highest BCUT2D eigenvalue weighted by molar-refractivity contribution is 7.22. The lowest BCUT2D eigenvalue weighted by molar-refractivity contribution is 0.616. The van der Waals surface area contributed by atoms with Crippen molar-refractivity contribution in [3.05, 3.63) is 79.1 Å². The summed E-state index contributed by atoms with van der Waals surface area (Å²) in [4.78, 5) is 9.39. The molecule has 4 heteroatoms. The number of aromatic nitrogens is 2. The van der Waals surface area contributed by atoms with E-state index in [0.29, 0.717) is 0 Å². The second kappa shape index (κ2) is 5.56. The molecule has 3 aromatic carbocycles. The molecule has 0 aliphatic rings. The van der Waals surface area contributed by atoms with Gasteiger partial charge in [-0.3, -0.25) is 0 Å². The highest BCUT2D eigenvalue weighted by atomic mass is 32.1. The van der Waals surface area contributed by atoms with Crippen LogP contribution >= 0.6 is 11.3 Å². The first-order valence-electron chi connectivity index (χ1n) is 8.80. The molecule has 3 heterocycles. The third kappa shape index (κ3) is 2.38. The maximum Gasteiger partial charge on any atom is 0.138 e. The molecule has 0 saturated heterocycles. The van der Waals surface area contributed by atoms with Gasteiger partial charge in [-0.15, -0.1) is 11.3 Å². The largest absolute Gasteiger partial charge is 0.464 e. The van der Waals surface area contributed by atoms with Crippen LogP contribution in [0.25, 0.3) is 53.9 Å². The molecule has 0 aliphatic heterocycles. The summed E-state index contributed by atoms with van der Waals surface area (Å²) in [5.41, 5.74) is 5.30. The Hall–Kier alpha value is -3.37. The van der Waals surface area contributed by atoms with E-state index in [2.05, 4.69) is 47.4 Å². The van der Waals surface area contributed by atoms with Gasteiger partial charge in [-0.25, -0.2) is 4.98 Å². The van der Waals surface area contributed by atoms with Gasteiger partial charge in [0.15, 0.2) is 0 Å². The van der Waals surface area contributed by atoms with E-state index in [4.69, 9.17) is 9.40 Å². The average Bonchev–Trinajstić information content (AvgIpc) is 3.42. The summed E-state index contributed by atoms with van der Waals surface area (Å²) in [5.74, 6) is 0.908. The molecular formula is C23H14N2OS. The van der Waals surface area contributed by atoms with Gasteiger partial charge in [0.05, 0.1) is 17.3 Å². The van der Waals surface area contributed by atoms with E-state index in [0.717, 1.165) is 33.4 Å². The predicted molar refractivity (Wildman–Crippen MR) is 112 cm³/mol. The number of thiophene rings is 1. The Kier molecular flexibility index (Phi) is 3.04. The molecule has 1 N–H and O–H groups in total. The van der Waals surface area contributed by atoms with Crippen molar-refractivity contribution in [2.24, 2.45) is 0 Å². The zero-order chi connectivity index (χ0) is 17.8. The van der Waals surface area contributed by atoms with E-state index in [-0.39, 0.29) is 0 Å². The van der Waals surface area contributed by atoms with Gasteiger partial charge in [-0.2, -0.15) is 0 Å². The first kappa shape index (κ1) is 14.8. The molecule has 3 nitrogen and oxygen atoms in total. The van der Waals surface area contributed by atoms with Gasteiger partial charge in [0.2, 0.25) is 0 Å². The van der Waals surface area contributed by atoms with Crippen molar-refractivity contribution in [3.63, 3.8) is 0 Å². The average molecular weight is 366 g/mol. The highest BCUT2D eigenvalue weighted by Crippen LogP contribution is 2.36. The van der Waals surface area contributed by atoms with E-state index in [9.17, 15) is 0 Å².